The molecule has 22 heavy (non-hydrogen) atoms. The lowest BCUT2D eigenvalue weighted by molar-refractivity contribution is -0.142. The molecule has 7 nitrogen and oxygen atoms in total. The number of methoxy groups -OCH3 is 1. The number of rotatable bonds is 5. The molecule has 1 atom stereocenters. The zero-order valence-electron chi connectivity index (χ0n) is 12.7. The Bertz CT molecular complexity index is 647. The normalized spacial score (nSPS) is 11.8. The Morgan fingerprint density at radius 1 is 1.23 bits per heavy atom. The Kier molecular flexibility index (Phi) is 4.88. The van der Waals surface area contributed by atoms with Gasteiger partial charge in [-0.1, -0.05) is 0 Å². The predicted octanol–water partition coefficient (Wildman–Crippen LogP) is 0.936. The average molecular weight is 302 g/mol. The van der Waals surface area contributed by atoms with Crippen molar-refractivity contribution in [1.82, 2.24) is 20.3 Å². The number of amides is 1. The van der Waals surface area contributed by atoms with Gasteiger partial charge < -0.3 is 15.0 Å². The van der Waals surface area contributed by atoms with Crippen LogP contribution in [0.3, 0.4) is 0 Å². The van der Waals surface area contributed by atoms with Crippen LogP contribution in [0.1, 0.15) is 27.2 Å². The number of ether oxygens (including phenoxy) is 1. The lowest BCUT2D eigenvalue weighted by atomic mass is 10.0. The van der Waals surface area contributed by atoms with Gasteiger partial charge in [0, 0.05) is 36.3 Å². The monoisotopic (exact) mass is 302 g/mol. The molecule has 0 aromatic carbocycles. The van der Waals surface area contributed by atoms with Gasteiger partial charge >= 0.3 is 5.97 Å². The fourth-order valence-electron chi connectivity index (χ4n) is 2.24. The third-order valence-corrected chi connectivity index (χ3v) is 3.32. The summed E-state index contributed by atoms with van der Waals surface area (Å²) < 4.78 is 4.76. The summed E-state index contributed by atoms with van der Waals surface area (Å²) in [5, 5.41) is 2.71. The van der Waals surface area contributed by atoms with E-state index in [9.17, 15) is 9.59 Å². The van der Waals surface area contributed by atoms with E-state index in [-0.39, 0.29) is 12.3 Å². The highest BCUT2D eigenvalue weighted by Crippen LogP contribution is 2.12. The zero-order chi connectivity index (χ0) is 16.1. The molecule has 0 radical (unpaired) electrons. The Balaban J connectivity index is 2.19. The van der Waals surface area contributed by atoms with Crippen molar-refractivity contribution in [2.45, 2.75) is 26.3 Å². The minimum absolute atomic E-state index is 0.279. The minimum Gasteiger partial charge on any atom is -0.467 e. The second kappa shape index (κ2) is 6.84. The maximum atomic E-state index is 12.5. The number of nitrogens with zero attached hydrogens (tertiary/aromatic N) is 2. The van der Waals surface area contributed by atoms with Crippen LogP contribution in [-0.2, 0) is 16.0 Å². The van der Waals surface area contributed by atoms with Crippen LogP contribution in [0.2, 0.25) is 0 Å². The summed E-state index contributed by atoms with van der Waals surface area (Å²) in [5.74, 6) is -0.834. The molecule has 116 valence electrons. The first-order valence-corrected chi connectivity index (χ1v) is 6.80. The molecular weight excluding hydrogens is 284 g/mol. The van der Waals surface area contributed by atoms with Crippen LogP contribution in [-0.4, -0.2) is 40.0 Å². The van der Waals surface area contributed by atoms with E-state index >= 15 is 0 Å². The number of carbonyl (C=O) groups is 2. The van der Waals surface area contributed by atoms with Crippen LogP contribution < -0.4 is 5.32 Å². The second-order valence-electron chi connectivity index (χ2n) is 4.98. The first-order chi connectivity index (χ1) is 10.5. The minimum atomic E-state index is -0.787. The van der Waals surface area contributed by atoms with Gasteiger partial charge in [-0.3, -0.25) is 9.78 Å². The quantitative estimate of drug-likeness (QED) is 0.801. The molecule has 2 heterocycles. The van der Waals surface area contributed by atoms with Crippen molar-refractivity contribution in [2.75, 3.05) is 7.11 Å². The molecule has 0 aliphatic heterocycles. The Hall–Kier alpha value is -2.70. The largest absolute Gasteiger partial charge is 0.467 e. The van der Waals surface area contributed by atoms with E-state index in [0.717, 1.165) is 16.8 Å². The molecule has 0 spiro atoms. The molecule has 0 aliphatic carbocycles. The molecule has 1 amide bonds. The number of aromatic amines is 1. The summed E-state index contributed by atoms with van der Waals surface area (Å²) in [4.78, 5) is 35.2. The number of hydrogen-bond acceptors (Lipinski definition) is 5. The third-order valence-electron chi connectivity index (χ3n) is 3.32. The summed E-state index contributed by atoms with van der Waals surface area (Å²) in [7, 11) is 1.29. The number of aryl methyl sites for hydroxylation is 2. The van der Waals surface area contributed by atoms with Gasteiger partial charge in [-0.2, -0.15) is 0 Å². The van der Waals surface area contributed by atoms with Gasteiger partial charge in [0.2, 0.25) is 0 Å². The molecule has 2 aromatic heterocycles. The fraction of sp³-hybridized carbons (Fsp3) is 0.333. The van der Waals surface area contributed by atoms with Gasteiger partial charge in [-0.05, 0) is 25.0 Å². The van der Waals surface area contributed by atoms with E-state index in [1.807, 2.05) is 0 Å². The van der Waals surface area contributed by atoms with Crippen LogP contribution in [0.4, 0.5) is 0 Å². The molecule has 7 heteroatoms. The molecule has 0 saturated heterocycles. The Morgan fingerprint density at radius 3 is 2.45 bits per heavy atom. The smallest absolute Gasteiger partial charge is 0.328 e. The molecular formula is C15H18N4O3. The van der Waals surface area contributed by atoms with E-state index in [1.54, 1.807) is 32.4 Å². The number of esters is 1. The summed E-state index contributed by atoms with van der Waals surface area (Å²) in [5.41, 5.74) is 2.76. The number of carbonyl (C=O) groups excluding carboxylic acids is 2. The van der Waals surface area contributed by atoms with Gasteiger partial charge in [0.05, 0.1) is 13.4 Å². The van der Waals surface area contributed by atoms with E-state index < -0.39 is 12.0 Å². The Labute approximate surface area is 128 Å². The number of aromatic nitrogens is 3. The maximum Gasteiger partial charge on any atom is 0.328 e. The maximum absolute atomic E-state index is 12.5. The van der Waals surface area contributed by atoms with Gasteiger partial charge in [0.15, 0.2) is 0 Å². The summed E-state index contributed by atoms with van der Waals surface area (Å²) in [6, 6.07) is -0.787. The van der Waals surface area contributed by atoms with Gasteiger partial charge in [0.25, 0.3) is 5.91 Å². The number of nitrogens with one attached hydrogen (secondary N) is 2. The van der Waals surface area contributed by atoms with Crippen LogP contribution in [0.15, 0.2) is 24.9 Å². The van der Waals surface area contributed by atoms with Crippen molar-refractivity contribution in [2.24, 2.45) is 0 Å². The first-order valence-electron chi connectivity index (χ1n) is 6.80. The standard InChI is InChI=1S/C15H18N4O3/c1-9-5-16-6-10(2)13(9)14(20)19-12(15(21)22-3)4-11-7-17-8-18-11/h5-8,12H,4H2,1-3H3,(H,17,18)(H,19,20)/t12-/m1/s1. The third kappa shape index (κ3) is 3.49. The van der Waals surface area contributed by atoms with E-state index in [4.69, 9.17) is 4.74 Å². The van der Waals surface area contributed by atoms with Gasteiger partial charge in [0.1, 0.15) is 6.04 Å². The summed E-state index contributed by atoms with van der Waals surface area (Å²) in [6.07, 6.45) is 6.63. The van der Waals surface area contributed by atoms with Crippen LogP contribution >= 0.6 is 0 Å². The molecule has 0 bridgehead atoms. The number of pyridine rings is 1. The molecule has 2 N–H and O–H groups in total. The van der Waals surface area contributed by atoms with Crippen molar-refractivity contribution in [3.63, 3.8) is 0 Å². The summed E-state index contributed by atoms with van der Waals surface area (Å²) in [6.45, 7) is 3.61. The number of imidazole rings is 1. The molecule has 0 aliphatic rings. The highest BCUT2D eigenvalue weighted by atomic mass is 16.5. The zero-order valence-corrected chi connectivity index (χ0v) is 12.7. The van der Waals surface area contributed by atoms with Crippen LogP contribution in [0.25, 0.3) is 0 Å². The molecule has 2 aromatic rings. The fourth-order valence-corrected chi connectivity index (χ4v) is 2.24. The van der Waals surface area contributed by atoms with Crippen molar-refractivity contribution in [3.8, 4) is 0 Å². The van der Waals surface area contributed by atoms with Crippen molar-refractivity contribution in [1.29, 1.82) is 0 Å². The van der Waals surface area contributed by atoms with Crippen LogP contribution in [0, 0.1) is 13.8 Å². The van der Waals surface area contributed by atoms with Crippen molar-refractivity contribution >= 4 is 11.9 Å². The Morgan fingerprint density at radius 2 is 1.91 bits per heavy atom. The molecule has 0 fully saturated rings. The summed E-state index contributed by atoms with van der Waals surface area (Å²) >= 11 is 0. The topological polar surface area (TPSA) is 97.0 Å². The average Bonchev–Trinajstić information content (AvgIpc) is 2.98. The first kappa shape index (κ1) is 15.7. The van der Waals surface area contributed by atoms with Crippen LogP contribution in [0.5, 0.6) is 0 Å². The highest BCUT2D eigenvalue weighted by molar-refractivity contribution is 5.99. The molecule has 0 unspecified atom stereocenters. The van der Waals surface area contributed by atoms with E-state index in [0.29, 0.717) is 5.56 Å². The highest BCUT2D eigenvalue weighted by Gasteiger charge is 2.24. The van der Waals surface area contributed by atoms with Gasteiger partial charge in [-0.15, -0.1) is 0 Å². The van der Waals surface area contributed by atoms with Crippen molar-refractivity contribution < 1.29 is 14.3 Å². The lowest BCUT2D eigenvalue weighted by Gasteiger charge is -2.17. The van der Waals surface area contributed by atoms with E-state index in [2.05, 4.69) is 20.3 Å². The van der Waals surface area contributed by atoms with Gasteiger partial charge in [-0.25, -0.2) is 9.78 Å². The predicted molar refractivity (Wildman–Crippen MR) is 79.3 cm³/mol. The molecule has 0 saturated carbocycles. The SMILES string of the molecule is COC(=O)[C@@H](Cc1cnc[nH]1)NC(=O)c1c(C)cncc1C. The molecule has 2 rings (SSSR count). The number of H-pyrrole nitrogens is 1. The van der Waals surface area contributed by atoms with E-state index in [1.165, 1.54) is 13.4 Å². The van der Waals surface area contributed by atoms with Crippen molar-refractivity contribution in [3.05, 3.63) is 47.3 Å². The second-order valence-corrected chi connectivity index (χ2v) is 4.98. The lowest BCUT2D eigenvalue weighted by Crippen LogP contribution is -2.43. The number of hydrogen-bond donors (Lipinski definition) is 2.